The Labute approximate surface area is 141 Å². The van der Waals surface area contributed by atoms with E-state index < -0.39 is 14.9 Å². The molecular weight excluding hydrogens is 388 g/mol. The van der Waals surface area contributed by atoms with Crippen molar-refractivity contribution in [2.24, 2.45) is 0 Å². The molecule has 0 atom stereocenters. The third-order valence-corrected chi connectivity index (χ3v) is 5.06. The van der Waals surface area contributed by atoms with Gasteiger partial charge in [-0.15, -0.1) is 0 Å². The Kier molecular flexibility index (Phi) is 4.90. The van der Waals surface area contributed by atoms with Crippen LogP contribution < -0.4 is 9.46 Å². The first-order valence-electron chi connectivity index (χ1n) is 6.36. The summed E-state index contributed by atoms with van der Waals surface area (Å²) in [7, 11) is -2.76. The van der Waals surface area contributed by atoms with Crippen molar-refractivity contribution in [3.8, 4) is 5.75 Å². The number of nitrogens with zero attached hydrogens (tertiary/aromatic N) is 1. The van der Waals surface area contributed by atoms with Crippen LogP contribution in [0.5, 0.6) is 5.75 Å². The fourth-order valence-corrected chi connectivity index (χ4v) is 3.88. The fraction of sp³-hybridized carbons (Fsp3) is 0.143. The van der Waals surface area contributed by atoms with E-state index >= 15 is 0 Å². The van der Waals surface area contributed by atoms with E-state index in [0.717, 1.165) is 11.6 Å². The van der Waals surface area contributed by atoms with Crippen molar-refractivity contribution in [1.82, 2.24) is 0 Å². The van der Waals surface area contributed by atoms with Gasteiger partial charge in [-0.05, 0) is 46.6 Å². The van der Waals surface area contributed by atoms with Crippen molar-refractivity contribution in [2.75, 3.05) is 11.8 Å². The Morgan fingerprint density at radius 1 is 1.22 bits per heavy atom. The first-order valence-corrected chi connectivity index (χ1v) is 8.63. The monoisotopic (exact) mass is 400 g/mol. The maximum absolute atomic E-state index is 12.6. The molecule has 2 aromatic rings. The summed E-state index contributed by atoms with van der Waals surface area (Å²) in [5.41, 5.74) is 0.936. The number of hydrogen-bond donors (Lipinski definition) is 1. The molecule has 9 heteroatoms. The van der Waals surface area contributed by atoms with Crippen LogP contribution in [-0.2, 0) is 10.0 Å². The van der Waals surface area contributed by atoms with Crippen LogP contribution >= 0.6 is 15.9 Å². The molecule has 23 heavy (non-hydrogen) atoms. The first-order chi connectivity index (χ1) is 10.7. The minimum Gasteiger partial charge on any atom is -0.495 e. The predicted octanol–water partition coefficient (Wildman–Crippen LogP) is 3.48. The Morgan fingerprint density at radius 3 is 2.48 bits per heavy atom. The number of ether oxygens (including phenoxy) is 1. The highest BCUT2D eigenvalue weighted by molar-refractivity contribution is 9.10. The summed E-state index contributed by atoms with van der Waals surface area (Å²) in [5.74, 6) is 0.0198. The predicted molar refractivity (Wildman–Crippen MR) is 89.3 cm³/mol. The number of sulfonamides is 1. The number of anilines is 1. The van der Waals surface area contributed by atoms with Crippen LogP contribution in [0.3, 0.4) is 0 Å². The van der Waals surface area contributed by atoms with Gasteiger partial charge < -0.3 is 4.74 Å². The number of methoxy groups -OCH3 is 1. The van der Waals surface area contributed by atoms with Gasteiger partial charge in [-0.2, -0.15) is 0 Å². The highest BCUT2D eigenvalue weighted by Gasteiger charge is 2.24. The van der Waals surface area contributed by atoms with Crippen LogP contribution in [0.1, 0.15) is 5.56 Å². The summed E-state index contributed by atoms with van der Waals surface area (Å²) >= 11 is 3.28. The second kappa shape index (κ2) is 6.55. The summed E-state index contributed by atoms with van der Waals surface area (Å²) in [5, 5.41) is 10.9. The smallest absolute Gasteiger partial charge is 0.271 e. The molecule has 0 saturated heterocycles. The zero-order valence-electron chi connectivity index (χ0n) is 12.2. The third kappa shape index (κ3) is 3.80. The molecule has 0 aliphatic carbocycles. The van der Waals surface area contributed by atoms with E-state index in [0.29, 0.717) is 10.2 Å². The second-order valence-electron chi connectivity index (χ2n) is 4.68. The van der Waals surface area contributed by atoms with Gasteiger partial charge in [0.1, 0.15) is 10.6 Å². The lowest BCUT2D eigenvalue weighted by atomic mass is 10.2. The number of benzene rings is 2. The lowest BCUT2D eigenvalue weighted by molar-refractivity contribution is -0.385. The molecule has 2 rings (SSSR count). The van der Waals surface area contributed by atoms with Crippen LogP contribution in [-0.4, -0.2) is 20.5 Å². The van der Waals surface area contributed by atoms with Crippen LogP contribution in [0, 0.1) is 17.0 Å². The van der Waals surface area contributed by atoms with Gasteiger partial charge in [-0.1, -0.05) is 6.07 Å². The molecule has 0 bridgehead atoms. The summed E-state index contributed by atoms with van der Waals surface area (Å²) in [4.78, 5) is 9.90. The van der Waals surface area contributed by atoms with Crippen LogP contribution in [0.15, 0.2) is 45.8 Å². The van der Waals surface area contributed by atoms with Gasteiger partial charge in [0.15, 0.2) is 0 Å². The standard InChI is InChI=1S/C14H13BrN2O5S/c1-9-3-5-12(11(15)7-9)16-23(20,21)14-8-10(17(18)19)4-6-13(14)22-2/h3-8,16H,1-2H3. The van der Waals surface area contributed by atoms with Gasteiger partial charge in [-0.3, -0.25) is 14.8 Å². The number of rotatable bonds is 5. The molecule has 122 valence electrons. The van der Waals surface area contributed by atoms with Crippen molar-refractivity contribution < 1.29 is 18.1 Å². The number of halogens is 1. The van der Waals surface area contributed by atoms with Gasteiger partial charge in [0.2, 0.25) is 0 Å². The molecule has 0 aliphatic heterocycles. The lowest BCUT2D eigenvalue weighted by Gasteiger charge is -2.13. The highest BCUT2D eigenvalue weighted by atomic mass is 79.9. The highest BCUT2D eigenvalue weighted by Crippen LogP contribution is 2.31. The molecule has 0 radical (unpaired) electrons. The topological polar surface area (TPSA) is 98.5 Å². The Hall–Kier alpha value is -2.13. The maximum Gasteiger partial charge on any atom is 0.271 e. The zero-order chi connectivity index (χ0) is 17.2. The number of nitro benzene ring substituents is 1. The maximum atomic E-state index is 12.6. The largest absolute Gasteiger partial charge is 0.495 e. The van der Waals surface area contributed by atoms with E-state index in [1.807, 2.05) is 6.92 Å². The molecule has 1 N–H and O–H groups in total. The number of non-ortho nitro benzene ring substituents is 1. The second-order valence-corrected chi connectivity index (χ2v) is 7.19. The van der Waals surface area contributed by atoms with Crippen molar-refractivity contribution >= 4 is 37.3 Å². The summed E-state index contributed by atoms with van der Waals surface area (Å²) < 4.78 is 33.1. The number of nitro groups is 1. The Bertz CT molecular complexity index is 867. The van der Waals surface area contributed by atoms with Crippen LogP contribution in [0.4, 0.5) is 11.4 Å². The fourth-order valence-electron chi connectivity index (χ4n) is 1.89. The van der Waals surface area contributed by atoms with E-state index in [1.165, 1.54) is 19.2 Å². The third-order valence-electron chi connectivity index (χ3n) is 3.02. The van der Waals surface area contributed by atoms with E-state index in [-0.39, 0.29) is 16.3 Å². The molecule has 0 heterocycles. The molecule has 0 saturated carbocycles. The van der Waals surface area contributed by atoms with Gasteiger partial charge >= 0.3 is 0 Å². The van der Waals surface area contributed by atoms with Crippen molar-refractivity contribution in [1.29, 1.82) is 0 Å². The summed E-state index contributed by atoms with van der Waals surface area (Å²) in [6.45, 7) is 1.87. The van der Waals surface area contributed by atoms with Crippen molar-refractivity contribution in [3.05, 3.63) is 56.5 Å². The normalized spacial score (nSPS) is 11.1. The van der Waals surface area contributed by atoms with Crippen LogP contribution in [0.25, 0.3) is 0 Å². The van der Waals surface area contributed by atoms with Crippen molar-refractivity contribution in [2.45, 2.75) is 11.8 Å². The Balaban J connectivity index is 2.50. The van der Waals surface area contributed by atoms with Gasteiger partial charge in [0, 0.05) is 16.6 Å². The molecular formula is C14H13BrN2O5S. The van der Waals surface area contributed by atoms with E-state index in [1.54, 1.807) is 18.2 Å². The van der Waals surface area contributed by atoms with E-state index in [9.17, 15) is 18.5 Å². The molecule has 0 aliphatic rings. The average molecular weight is 401 g/mol. The molecule has 0 fully saturated rings. The SMILES string of the molecule is COc1ccc([N+](=O)[O-])cc1S(=O)(=O)Nc1ccc(C)cc1Br. The number of aryl methyl sites for hydroxylation is 1. The number of hydrogen-bond acceptors (Lipinski definition) is 5. The van der Waals surface area contributed by atoms with Gasteiger partial charge in [0.05, 0.1) is 17.7 Å². The Morgan fingerprint density at radius 2 is 1.91 bits per heavy atom. The minimum atomic E-state index is -4.06. The molecule has 2 aromatic carbocycles. The number of nitrogens with one attached hydrogen (secondary N) is 1. The quantitative estimate of drug-likeness (QED) is 0.611. The molecule has 0 spiro atoms. The lowest BCUT2D eigenvalue weighted by Crippen LogP contribution is -2.14. The molecule has 0 unspecified atom stereocenters. The van der Waals surface area contributed by atoms with Gasteiger partial charge in [0.25, 0.3) is 15.7 Å². The van der Waals surface area contributed by atoms with Crippen molar-refractivity contribution in [3.63, 3.8) is 0 Å². The molecule has 0 aromatic heterocycles. The van der Waals surface area contributed by atoms with E-state index in [2.05, 4.69) is 20.7 Å². The van der Waals surface area contributed by atoms with Gasteiger partial charge in [-0.25, -0.2) is 8.42 Å². The summed E-state index contributed by atoms with van der Waals surface area (Å²) in [6.07, 6.45) is 0. The minimum absolute atomic E-state index is 0.0198. The molecule has 0 amide bonds. The molecule has 7 nitrogen and oxygen atoms in total. The van der Waals surface area contributed by atoms with E-state index in [4.69, 9.17) is 4.74 Å². The average Bonchev–Trinajstić information content (AvgIpc) is 2.49. The summed E-state index contributed by atoms with van der Waals surface area (Å²) in [6, 6.07) is 8.48. The first kappa shape index (κ1) is 17.2. The van der Waals surface area contributed by atoms with Crippen LogP contribution in [0.2, 0.25) is 0 Å². The zero-order valence-corrected chi connectivity index (χ0v) is 14.6.